The van der Waals surface area contributed by atoms with E-state index >= 15 is 0 Å². The third-order valence-electron chi connectivity index (χ3n) is 6.80. The first-order valence-corrected chi connectivity index (χ1v) is 16.1. The normalized spacial score (nSPS) is 14.7. The Bertz CT molecular complexity index is 2130. The van der Waals surface area contributed by atoms with Crippen molar-refractivity contribution in [2.75, 3.05) is 13.2 Å². The van der Waals surface area contributed by atoms with Gasteiger partial charge < -0.3 is 13.7 Å². The number of esters is 1. The highest BCUT2D eigenvalue weighted by atomic mass is 32.2. The molecule has 3 aromatic carbocycles. The van der Waals surface area contributed by atoms with Gasteiger partial charge in [0.1, 0.15) is 23.0 Å². The number of rotatable bonds is 11. The number of aromatic nitrogens is 1. The number of allylic oxidation sites excluding steroid dienone is 1. The number of carbonyl (C=O) groups is 1. The Hall–Kier alpha value is -5.34. The Morgan fingerprint density at radius 2 is 1.72 bits per heavy atom. The Balaban J connectivity index is 1.48. The minimum Gasteiger partial charge on any atom is -0.490 e. The van der Waals surface area contributed by atoms with Gasteiger partial charge in [0, 0.05) is 12.1 Å². The smallest absolute Gasteiger partial charge is 0.339 e. The molecule has 2 heterocycles. The molecule has 0 N–H and O–H groups in total. The number of non-ortho nitro benzene ring substituents is 1. The second-order valence-corrected chi connectivity index (χ2v) is 12.4. The molecule has 1 aliphatic rings. The van der Waals surface area contributed by atoms with Gasteiger partial charge in [-0.1, -0.05) is 48.3 Å². The molecule has 1 atom stereocenters. The van der Waals surface area contributed by atoms with Gasteiger partial charge in [-0.3, -0.25) is 19.5 Å². The summed E-state index contributed by atoms with van der Waals surface area (Å²) in [5.41, 5.74) is 1.28. The molecule has 46 heavy (non-hydrogen) atoms. The van der Waals surface area contributed by atoms with E-state index in [9.17, 15) is 28.1 Å². The number of benzene rings is 3. The number of carbonyl (C=O) groups excluding carboxylic acids is 1. The van der Waals surface area contributed by atoms with Crippen molar-refractivity contribution in [1.82, 2.24) is 4.57 Å². The van der Waals surface area contributed by atoms with Gasteiger partial charge in [-0.15, -0.1) is 0 Å². The largest absolute Gasteiger partial charge is 0.490 e. The van der Waals surface area contributed by atoms with Gasteiger partial charge in [-0.2, -0.15) is 8.42 Å². The van der Waals surface area contributed by atoms with Crippen LogP contribution in [0.3, 0.4) is 0 Å². The number of hydrogen-bond acceptors (Lipinski definition) is 11. The molecule has 0 unspecified atom stereocenters. The third-order valence-corrected chi connectivity index (χ3v) is 9.05. The third kappa shape index (κ3) is 6.67. The Kier molecular flexibility index (Phi) is 9.30. The molecule has 0 bridgehead atoms. The molecule has 0 saturated carbocycles. The molecule has 236 valence electrons. The van der Waals surface area contributed by atoms with Crippen molar-refractivity contribution >= 4 is 39.2 Å². The maximum absolute atomic E-state index is 13.8. The van der Waals surface area contributed by atoms with Crippen molar-refractivity contribution < 1.29 is 31.8 Å². The minimum atomic E-state index is -4.25. The highest BCUT2D eigenvalue weighted by molar-refractivity contribution is 7.87. The van der Waals surface area contributed by atoms with Gasteiger partial charge in [-0.25, -0.2) is 9.79 Å². The van der Waals surface area contributed by atoms with Crippen molar-refractivity contribution in [3.05, 3.63) is 138 Å². The summed E-state index contributed by atoms with van der Waals surface area (Å²) in [5.74, 6) is 0.0314. The van der Waals surface area contributed by atoms with E-state index < -0.39 is 27.1 Å². The number of fused-ring (bicyclic) bond motifs is 1. The Morgan fingerprint density at radius 3 is 2.33 bits per heavy atom. The van der Waals surface area contributed by atoms with Crippen LogP contribution in [0.2, 0.25) is 0 Å². The zero-order chi connectivity index (χ0) is 33.0. The summed E-state index contributed by atoms with van der Waals surface area (Å²) < 4.78 is 43.2. The first-order valence-electron chi connectivity index (χ1n) is 13.8. The molecule has 4 aromatic rings. The van der Waals surface area contributed by atoms with Crippen LogP contribution >= 0.6 is 11.3 Å². The minimum absolute atomic E-state index is 0.00665. The Morgan fingerprint density at radius 1 is 1.07 bits per heavy atom. The van der Waals surface area contributed by atoms with Crippen molar-refractivity contribution in [3.8, 4) is 11.5 Å². The van der Waals surface area contributed by atoms with Crippen LogP contribution in [0, 0.1) is 10.1 Å². The summed E-state index contributed by atoms with van der Waals surface area (Å²) in [6, 6.07) is 16.6. The van der Waals surface area contributed by atoms with Crippen LogP contribution in [-0.2, 0) is 19.6 Å². The first kappa shape index (κ1) is 32.1. The number of thiazole rings is 1. The van der Waals surface area contributed by atoms with Crippen LogP contribution in [-0.4, -0.2) is 37.1 Å². The lowest BCUT2D eigenvalue weighted by atomic mass is 9.96. The molecule has 1 aliphatic heterocycles. The van der Waals surface area contributed by atoms with Gasteiger partial charge in [0.15, 0.2) is 4.80 Å². The average molecular weight is 662 g/mol. The van der Waals surface area contributed by atoms with Gasteiger partial charge in [0.05, 0.1) is 33.4 Å². The van der Waals surface area contributed by atoms with Gasteiger partial charge in [-0.05, 0) is 67.4 Å². The van der Waals surface area contributed by atoms with Crippen molar-refractivity contribution in [3.63, 3.8) is 0 Å². The zero-order valence-corrected chi connectivity index (χ0v) is 26.2. The van der Waals surface area contributed by atoms with Gasteiger partial charge >= 0.3 is 16.1 Å². The molecule has 0 aliphatic carbocycles. The number of nitrogens with zero attached hydrogens (tertiary/aromatic N) is 3. The van der Waals surface area contributed by atoms with E-state index in [1.165, 1.54) is 16.7 Å². The number of hydrogen-bond donors (Lipinski definition) is 0. The highest BCUT2D eigenvalue weighted by Gasteiger charge is 2.33. The van der Waals surface area contributed by atoms with Crippen LogP contribution in [0.1, 0.15) is 31.0 Å². The fraction of sp³-hybridized carbons (Fsp3) is 0.156. The summed E-state index contributed by atoms with van der Waals surface area (Å²) >= 11 is 1.15. The molecule has 0 amide bonds. The van der Waals surface area contributed by atoms with Crippen molar-refractivity contribution in [2.45, 2.75) is 24.8 Å². The average Bonchev–Trinajstić information content (AvgIpc) is 3.34. The van der Waals surface area contributed by atoms with E-state index in [0.29, 0.717) is 38.5 Å². The van der Waals surface area contributed by atoms with Crippen LogP contribution < -0.4 is 23.8 Å². The van der Waals surface area contributed by atoms with E-state index in [-0.39, 0.29) is 34.1 Å². The van der Waals surface area contributed by atoms with Crippen LogP contribution in [0.5, 0.6) is 11.5 Å². The summed E-state index contributed by atoms with van der Waals surface area (Å²) in [5, 5.41) is 10.9. The van der Waals surface area contributed by atoms with E-state index in [2.05, 4.69) is 11.6 Å². The van der Waals surface area contributed by atoms with E-state index in [0.717, 1.165) is 35.6 Å². The quantitative estimate of drug-likeness (QED) is 0.0761. The molecule has 0 radical (unpaired) electrons. The lowest BCUT2D eigenvalue weighted by molar-refractivity contribution is -0.384. The second kappa shape index (κ2) is 13.3. The topological polar surface area (TPSA) is 156 Å². The van der Waals surface area contributed by atoms with E-state index in [1.54, 1.807) is 62.4 Å². The predicted molar refractivity (Wildman–Crippen MR) is 170 cm³/mol. The first-order chi connectivity index (χ1) is 22.0. The molecule has 12 nitrogen and oxygen atoms in total. The van der Waals surface area contributed by atoms with Crippen LogP contribution in [0.4, 0.5) is 5.69 Å². The fourth-order valence-corrected chi connectivity index (χ4v) is 6.67. The SMILES string of the molecule is C=CCOc1ccc([C@@H]2C(C(=O)OCC)=C(C)N=c3s/c(=C\c4ccc(OS(=O)(=O)c5ccc([N+](=O)[O-])cc5)cc4)c(=O)n32)cc1. The molecular formula is C32H27N3O9S2. The summed E-state index contributed by atoms with van der Waals surface area (Å²) in [4.78, 5) is 41.9. The van der Waals surface area contributed by atoms with Crippen LogP contribution in [0.25, 0.3) is 6.08 Å². The van der Waals surface area contributed by atoms with E-state index in [1.807, 2.05) is 0 Å². The monoisotopic (exact) mass is 661 g/mol. The van der Waals surface area contributed by atoms with E-state index in [4.69, 9.17) is 13.7 Å². The number of ether oxygens (including phenoxy) is 2. The molecule has 0 saturated heterocycles. The predicted octanol–water partition coefficient (Wildman–Crippen LogP) is 4.04. The fourth-order valence-electron chi connectivity index (χ4n) is 4.69. The zero-order valence-electron chi connectivity index (χ0n) is 24.6. The molecule has 0 spiro atoms. The highest BCUT2D eigenvalue weighted by Crippen LogP contribution is 2.31. The lowest BCUT2D eigenvalue weighted by Gasteiger charge is -2.24. The number of nitro benzene ring substituents is 1. The second-order valence-electron chi connectivity index (χ2n) is 9.83. The molecule has 14 heteroatoms. The lowest BCUT2D eigenvalue weighted by Crippen LogP contribution is -2.39. The molecular weight excluding hydrogens is 634 g/mol. The molecule has 1 aromatic heterocycles. The Labute approximate surface area is 267 Å². The maximum Gasteiger partial charge on any atom is 0.339 e. The molecule has 5 rings (SSSR count). The molecule has 0 fully saturated rings. The van der Waals surface area contributed by atoms with Gasteiger partial charge in [0.2, 0.25) is 0 Å². The summed E-state index contributed by atoms with van der Waals surface area (Å²) in [6.45, 7) is 7.51. The standard InChI is InChI=1S/C32H27N3O9S2/c1-4-18-43-24-14-8-22(9-15-24)29-28(31(37)42-5-2)20(3)33-32-34(29)30(36)27(45-32)19-21-6-12-25(13-7-21)44-46(40,41)26-16-10-23(11-17-26)35(38)39/h4,6-17,19,29H,1,5,18H2,2-3H3/b27-19-/t29-/m1/s1. The maximum atomic E-state index is 13.8. The van der Waals surface area contributed by atoms with Gasteiger partial charge in [0.25, 0.3) is 11.2 Å². The van der Waals surface area contributed by atoms with Crippen LogP contribution in [0.15, 0.2) is 111 Å². The summed E-state index contributed by atoms with van der Waals surface area (Å²) in [7, 11) is -4.25. The number of nitro groups is 1. The van der Waals surface area contributed by atoms with Crippen molar-refractivity contribution in [2.24, 2.45) is 4.99 Å². The summed E-state index contributed by atoms with van der Waals surface area (Å²) in [6.07, 6.45) is 3.26. The van der Waals surface area contributed by atoms with Crippen molar-refractivity contribution in [1.29, 1.82) is 0 Å².